The molecule has 9 heteroatoms. The maximum Gasteiger partial charge on any atom is 0.416 e. The van der Waals surface area contributed by atoms with E-state index in [-0.39, 0.29) is 29.8 Å². The molecule has 2 N–H and O–H groups in total. The minimum Gasteiger partial charge on any atom is -0.350 e. The van der Waals surface area contributed by atoms with Crippen LogP contribution in [0, 0.1) is 11.3 Å². The Labute approximate surface area is 161 Å². The van der Waals surface area contributed by atoms with Crippen LogP contribution in [0.15, 0.2) is 24.3 Å². The van der Waals surface area contributed by atoms with Crippen LogP contribution in [-0.4, -0.2) is 53.2 Å². The van der Waals surface area contributed by atoms with Gasteiger partial charge in [-0.3, -0.25) is 19.9 Å². The number of nitrogens with one attached hydrogen (secondary N) is 2. The second-order valence-electron chi connectivity index (χ2n) is 7.69. The zero-order valence-electron chi connectivity index (χ0n) is 15.8. The van der Waals surface area contributed by atoms with Gasteiger partial charge in [-0.1, -0.05) is 6.07 Å². The van der Waals surface area contributed by atoms with Crippen molar-refractivity contribution in [1.82, 2.24) is 15.1 Å². The number of rotatable bonds is 2. The van der Waals surface area contributed by atoms with Crippen LogP contribution >= 0.6 is 0 Å². The average molecular weight is 396 g/mol. The lowest BCUT2D eigenvalue weighted by Gasteiger charge is -2.47. The molecule has 0 radical (unpaired) electrons. The normalized spacial score (nSPS) is 26.2. The summed E-state index contributed by atoms with van der Waals surface area (Å²) in [6, 6.07) is 4.43. The Hall–Kier alpha value is -2.58. The molecule has 6 nitrogen and oxygen atoms in total. The molecule has 0 saturated carbocycles. The van der Waals surface area contributed by atoms with E-state index in [0.717, 1.165) is 18.6 Å². The Bertz CT molecular complexity index is 791. The van der Waals surface area contributed by atoms with E-state index in [0.29, 0.717) is 19.5 Å². The Morgan fingerprint density at radius 3 is 2.71 bits per heavy atom. The summed E-state index contributed by atoms with van der Waals surface area (Å²) in [5.74, 6) is -0.699. The zero-order chi connectivity index (χ0) is 20.7. The Morgan fingerprint density at radius 2 is 2.07 bits per heavy atom. The molecule has 152 valence electrons. The lowest BCUT2D eigenvalue weighted by molar-refractivity contribution is -0.137. The molecule has 2 atom stereocenters. The van der Waals surface area contributed by atoms with E-state index in [1.165, 1.54) is 24.1 Å². The first-order chi connectivity index (χ1) is 13.0. The third kappa shape index (κ3) is 3.83. The minimum absolute atomic E-state index is 0.000726. The summed E-state index contributed by atoms with van der Waals surface area (Å²) in [6.07, 6.45) is -2.86. The van der Waals surface area contributed by atoms with Crippen LogP contribution in [-0.2, 0) is 11.0 Å². The summed E-state index contributed by atoms with van der Waals surface area (Å²) < 4.78 is 38.8. The third-order valence-electron chi connectivity index (χ3n) is 5.68. The molecule has 2 aliphatic rings. The molecule has 2 saturated heterocycles. The fourth-order valence-corrected chi connectivity index (χ4v) is 3.90. The highest BCUT2D eigenvalue weighted by Gasteiger charge is 2.44. The van der Waals surface area contributed by atoms with Gasteiger partial charge < -0.3 is 10.2 Å². The fraction of sp³-hybridized carbons (Fsp3) is 0.526. The standard InChI is InChI=1S/C19H23F3N4O2/c1-18(10-15(27)25(2)17(23)24-18)14-7-4-8-26(11-14)16(28)12-5-3-6-13(9-12)19(20,21)22/h3,5-6,9,14H,4,7-8,10-11H2,1-2H3,(H2,23,24)/t14?,18-/m0/s1. The highest BCUT2D eigenvalue weighted by atomic mass is 19.4. The number of carbonyl (C=O) groups is 2. The molecular formula is C19H23F3N4O2. The molecule has 0 aromatic heterocycles. The van der Waals surface area contributed by atoms with Crippen LogP contribution in [0.2, 0.25) is 0 Å². The first-order valence-corrected chi connectivity index (χ1v) is 9.11. The van der Waals surface area contributed by atoms with Crippen molar-refractivity contribution in [2.45, 2.75) is 37.9 Å². The molecule has 28 heavy (non-hydrogen) atoms. The smallest absolute Gasteiger partial charge is 0.350 e. The number of hydrogen-bond donors (Lipinski definition) is 2. The van der Waals surface area contributed by atoms with Gasteiger partial charge in [-0.2, -0.15) is 13.2 Å². The van der Waals surface area contributed by atoms with Gasteiger partial charge in [0.1, 0.15) is 0 Å². The number of alkyl halides is 3. The van der Waals surface area contributed by atoms with Crippen molar-refractivity contribution in [2.75, 3.05) is 20.1 Å². The number of amides is 2. The van der Waals surface area contributed by atoms with E-state index < -0.39 is 23.2 Å². The molecule has 0 spiro atoms. The summed E-state index contributed by atoms with van der Waals surface area (Å²) in [6.45, 7) is 2.63. The molecule has 0 bridgehead atoms. The van der Waals surface area contributed by atoms with E-state index in [9.17, 15) is 22.8 Å². The number of benzene rings is 1. The second-order valence-corrected chi connectivity index (χ2v) is 7.69. The molecule has 1 aromatic rings. The van der Waals surface area contributed by atoms with Crippen LogP contribution in [0.25, 0.3) is 0 Å². The molecule has 3 rings (SSSR count). The van der Waals surface area contributed by atoms with Crippen molar-refractivity contribution in [1.29, 1.82) is 5.41 Å². The molecular weight excluding hydrogens is 373 g/mol. The van der Waals surface area contributed by atoms with Gasteiger partial charge in [0.2, 0.25) is 5.91 Å². The molecule has 2 heterocycles. The van der Waals surface area contributed by atoms with Crippen LogP contribution in [0.5, 0.6) is 0 Å². The molecule has 2 fully saturated rings. The van der Waals surface area contributed by atoms with E-state index in [4.69, 9.17) is 5.41 Å². The highest BCUT2D eigenvalue weighted by molar-refractivity contribution is 5.99. The predicted molar refractivity (Wildman–Crippen MR) is 96.7 cm³/mol. The van der Waals surface area contributed by atoms with Gasteiger partial charge in [-0.15, -0.1) is 0 Å². The fourth-order valence-electron chi connectivity index (χ4n) is 3.90. The number of hydrogen-bond acceptors (Lipinski definition) is 3. The van der Waals surface area contributed by atoms with Crippen LogP contribution in [0.1, 0.15) is 42.1 Å². The number of carbonyl (C=O) groups excluding carboxylic acids is 2. The number of guanidine groups is 1. The quantitative estimate of drug-likeness (QED) is 0.807. The minimum atomic E-state index is -4.51. The topological polar surface area (TPSA) is 76.5 Å². The average Bonchev–Trinajstić information content (AvgIpc) is 2.65. The summed E-state index contributed by atoms with van der Waals surface area (Å²) in [5.41, 5.74) is -1.52. The summed E-state index contributed by atoms with van der Waals surface area (Å²) in [5, 5.41) is 11.0. The molecule has 1 aromatic carbocycles. The monoisotopic (exact) mass is 396 g/mol. The molecule has 2 aliphatic heterocycles. The highest BCUT2D eigenvalue weighted by Crippen LogP contribution is 2.34. The van der Waals surface area contributed by atoms with Crippen molar-refractivity contribution in [3.8, 4) is 0 Å². The Balaban J connectivity index is 1.77. The maximum absolute atomic E-state index is 12.9. The van der Waals surface area contributed by atoms with Gasteiger partial charge in [0.25, 0.3) is 5.91 Å². The summed E-state index contributed by atoms with van der Waals surface area (Å²) >= 11 is 0. The Morgan fingerprint density at radius 1 is 1.36 bits per heavy atom. The number of piperidine rings is 1. The zero-order valence-corrected chi connectivity index (χ0v) is 15.8. The molecule has 1 unspecified atom stereocenters. The number of likely N-dealkylation sites (tertiary alicyclic amines) is 1. The first-order valence-electron chi connectivity index (χ1n) is 9.11. The van der Waals surface area contributed by atoms with Crippen molar-refractivity contribution in [3.05, 3.63) is 35.4 Å². The van der Waals surface area contributed by atoms with Gasteiger partial charge in [-0.05, 0) is 43.9 Å². The number of halogens is 3. The largest absolute Gasteiger partial charge is 0.416 e. The van der Waals surface area contributed by atoms with Gasteiger partial charge in [-0.25, -0.2) is 0 Å². The van der Waals surface area contributed by atoms with Gasteiger partial charge in [0.15, 0.2) is 5.96 Å². The van der Waals surface area contributed by atoms with Gasteiger partial charge >= 0.3 is 6.18 Å². The lowest BCUT2D eigenvalue weighted by Crippen LogP contribution is -2.65. The van der Waals surface area contributed by atoms with E-state index in [1.54, 1.807) is 4.90 Å². The van der Waals surface area contributed by atoms with E-state index in [2.05, 4.69) is 5.32 Å². The maximum atomic E-state index is 12.9. The SMILES string of the molecule is CN1C(=N)N[C@](C)(C2CCCN(C(=O)c3cccc(C(F)(F)F)c3)C2)CC1=O. The van der Waals surface area contributed by atoms with Crippen molar-refractivity contribution in [3.63, 3.8) is 0 Å². The lowest BCUT2D eigenvalue weighted by atomic mass is 9.76. The Kier molecular flexibility index (Phi) is 5.12. The first kappa shape index (κ1) is 20.2. The summed E-state index contributed by atoms with van der Waals surface area (Å²) in [4.78, 5) is 27.8. The van der Waals surface area contributed by atoms with Gasteiger partial charge in [0, 0.05) is 25.7 Å². The summed E-state index contributed by atoms with van der Waals surface area (Å²) in [7, 11) is 1.53. The van der Waals surface area contributed by atoms with E-state index >= 15 is 0 Å². The van der Waals surface area contributed by atoms with Gasteiger partial charge in [0.05, 0.1) is 17.5 Å². The predicted octanol–water partition coefficient (Wildman–Crippen LogP) is 2.70. The van der Waals surface area contributed by atoms with Crippen LogP contribution in [0.4, 0.5) is 13.2 Å². The van der Waals surface area contributed by atoms with Crippen LogP contribution < -0.4 is 5.32 Å². The molecule has 2 amide bonds. The molecule has 0 aliphatic carbocycles. The second kappa shape index (κ2) is 7.10. The van der Waals surface area contributed by atoms with E-state index in [1.807, 2.05) is 6.92 Å². The number of nitrogens with zero attached hydrogens (tertiary/aromatic N) is 2. The van der Waals surface area contributed by atoms with Crippen molar-refractivity contribution >= 4 is 17.8 Å². The van der Waals surface area contributed by atoms with Crippen molar-refractivity contribution < 1.29 is 22.8 Å². The van der Waals surface area contributed by atoms with Crippen molar-refractivity contribution in [2.24, 2.45) is 5.92 Å². The van der Waals surface area contributed by atoms with Crippen LogP contribution in [0.3, 0.4) is 0 Å². The third-order valence-corrected chi connectivity index (χ3v) is 5.68.